The highest BCUT2D eigenvalue weighted by Gasteiger charge is 2.32. The van der Waals surface area contributed by atoms with E-state index in [4.69, 9.17) is 10.5 Å². The maximum Gasteiger partial charge on any atom is 0.406 e. The van der Waals surface area contributed by atoms with Crippen LogP contribution in [-0.2, 0) is 4.79 Å². The molecule has 0 saturated heterocycles. The van der Waals surface area contributed by atoms with Gasteiger partial charge in [0.15, 0.2) is 6.61 Å². The zero-order valence-electron chi connectivity index (χ0n) is 11.8. The number of alkyl halides is 3. The molecular formula is C14H19F3N2O2. The maximum absolute atomic E-state index is 12.5. The van der Waals surface area contributed by atoms with Crippen molar-refractivity contribution in [2.75, 3.05) is 25.4 Å². The Bertz CT molecular complexity index is 447. The number of unbranched alkanes of at least 4 members (excludes halogenated alkanes) is 1. The van der Waals surface area contributed by atoms with Crippen molar-refractivity contribution in [3.05, 3.63) is 24.3 Å². The summed E-state index contributed by atoms with van der Waals surface area (Å²) in [6, 6.07) is 6.29. The van der Waals surface area contributed by atoms with Gasteiger partial charge in [0.25, 0.3) is 5.91 Å². The lowest BCUT2D eigenvalue weighted by Gasteiger charge is -2.23. The van der Waals surface area contributed by atoms with E-state index < -0.39 is 25.2 Å². The molecule has 118 valence electrons. The molecule has 0 fully saturated rings. The van der Waals surface area contributed by atoms with Gasteiger partial charge in [0.1, 0.15) is 12.3 Å². The number of nitrogens with zero attached hydrogens (tertiary/aromatic N) is 1. The number of carbonyl (C=O) groups excluding carboxylic acids is 1. The number of benzene rings is 1. The first-order valence-corrected chi connectivity index (χ1v) is 6.64. The van der Waals surface area contributed by atoms with Crippen molar-refractivity contribution in [3.63, 3.8) is 0 Å². The van der Waals surface area contributed by atoms with Crippen LogP contribution in [-0.4, -0.2) is 36.7 Å². The van der Waals surface area contributed by atoms with Gasteiger partial charge in [-0.05, 0) is 30.7 Å². The van der Waals surface area contributed by atoms with Crippen molar-refractivity contribution < 1.29 is 22.7 Å². The lowest BCUT2D eigenvalue weighted by atomic mass is 10.3. The highest BCUT2D eigenvalue weighted by molar-refractivity contribution is 5.77. The average molecular weight is 304 g/mol. The summed E-state index contributed by atoms with van der Waals surface area (Å²) >= 11 is 0. The lowest BCUT2D eigenvalue weighted by Crippen LogP contribution is -2.42. The highest BCUT2D eigenvalue weighted by Crippen LogP contribution is 2.18. The van der Waals surface area contributed by atoms with E-state index in [9.17, 15) is 18.0 Å². The zero-order chi connectivity index (χ0) is 15.9. The van der Waals surface area contributed by atoms with Gasteiger partial charge in [-0.25, -0.2) is 0 Å². The molecule has 0 unspecified atom stereocenters. The van der Waals surface area contributed by atoms with Crippen LogP contribution in [0.1, 0.15) is 19.8 Å². The maximum atomic E-state index is 12.5. The van der Waals surface area contributed by atoms with Gasteiger partial charge in [0.2, 0.25) is 0 Å². The quantitative estimate of drug-likeness (QED) is 0.788. The summed E-state index contributed by atoms with van der Waals surface area (Å²) in [6.07, 6.45) is -3.19. The second-order valence-electron chi connectivity index (χ2n) is 4.64. The molecule has 0 aliphatic heterocycles. The Kier molecular flexibility index (Phi) is 6.33. The van der Waals surface area contributed by atoms with Crippen LogP contribution in [0, 0.1) is 0 Å². The number of hydrogen-bond donors (Lipinski definition) is 1. The molecule has 21 heavy (non-hydrogen) atoms. The largest absolute Gasteiger partial charge is 0.484 e. The summed E-state index contributed by atoms with van der Waals surface area (Å²) in [5.74, 6) is -0.294. The monoisotopic (exact) mass is 304 g/mol. The molecule has 1 amide bonds. The van der Waals surface area contributed by atoms with E-state index >= 15 is 0 Å². The summed E-state index contributed by atoms with van der Waals surface area (Å²) in [5.41, 5.74) is 6.04. The fourth-order valence-electron chi connectivity index (χ4n) is 1.66. The van der Waals surface area contributed by atoms with Crippen LogP contribution in [0.15, 0.2) is 24.3 Å². The lowest BCUT2D eigenvalue weighted by molar-refractivity contribution is -0.162. The zero-order valence-corrected chi connectivity index (χ0v) is 11.8. The molecule has 1 aromatic rings. The summed E-state index contributed by atoms with van der Waals surface area (Å²) in [7, 11) is 0. The van der Waals surface area contributed by atoms with Crippen LogP contribution in [0.5, 0.6) is 5.75 Å². The van der Waals surface area contributed by atoms with E-state index in [1.165, 1.54) is 0 Å². The van der Waals surface area contributed by atoms with Crippen LogP contribution in [0.2, 0.25) is 0 Å². The Hall–Kier alpha value is -1.92. The molecule has 0 aliphatic carbocycles. The SMILES string of the molecule is CCCCN(CC(F)(F)F)C(=O)COc1ccc(N)cc1. The van der Waals surface area contributed by atoms with Gasteiger partial charge in [-0.15, -0.1) is 0 Å². The second-order valence-corrected chi connectivity index (χ2v) is 4.64. The van der Waals surface area contributed by atoms with Crippen LogP contribution in [0.3, 0.4) is 0 Å². The number of halogens is 3. The summed E-state index contributed by atoms with van der Waals surface area (Å²) in [5, 5.41) is 0. The molecule has 1 rings (SSSR count). The summed E-state index contributed by atoms with van der Waals surface area (Å²) in [6.45, 7) is 0.238. The first-order valence-electron chi connectivity index (χ1n) is 6.64. The molecule has 0 atom stereocenters. The number of hydrogen-bond acceptors (Lipinski definition) is 3. The molecule has 1 aromatic carbocycles. The summed E-state index contributed by atoms with van der Waals surface area (Å²) in [4.78, 5) is 12.6. The van der Waals surface area contributed by atoms with Crippen molar-refractivity contribution in [1.29, 1.82) is 0 Å². The van der Waals surface area contributed by atoms with Crippen LogP contribution in [0.4, 0.5) is 18.9 Å². The Morgan fingerprint density at radius 3 is 2.43 bits per heavy atom. The van der Waals surface area contributed by atoms with Gasteiger partial charge >= 0.3 is 6.18 Å². The van der Waals surface area contributed by atoms with E-state index in [2.05, 4.69) is 0 Å². The fraction of sp³-hybridized carbons (Fsp3) is 0.500. The van der Waals surface area contributed by atoms with Gasteiger partial charge in [-0.1, -0.05) is 13.3 Å². The summed E-state index contributed by atoms with van der Waals surface area (Å²) < 4.78 is 42.5. The number of anilines is 1. The third-order valence-corrected chi connectivity index (χ3v) is 2.75. The molecule has 7 heteroatoms. The average Bonchev–Trinajstić information content (AvgIpc) is 2.41. The van der Waals surface area contributed by atoms with Crippen molar-refractivity contribution >= 4 is 11.6 Å². The molecule has 0 aliphatic rings. The van der Waals surface area contributed by atoms with Gasteiger partial charge in [0, 0.05) is 12.2 Å². The molecule has 0 spiro atoms. The first-order chi connectivity index (χ1) is 9.81. The second kappa shape index (κ2) is 7.75. The van der Waals surface area contributed by atoms with Crippen molar-refractivity contribution in [2.45, 2.75) is 25.9 Å². The Balaban J connectivity index is 2.56. The number of ether oxygens (including phenoxy) is 1. The number of amides is 1. The van der Waals surface area contributed by atoms with Crippen LogP contribution >= 0.6 is 0 Å². The normalized spacial score (nSPS) is 11.2. The minimum absolute atomic E-state index is 0.0694. The number of rotatable bonds is 7. The standard InChI is InChI=1S/C14H19F3N2O2/c1-2-3-8-19(10-14(15,16)17)13(20)9-21-12-6-4-11(18)5-7-12/h4-7H,2-3,8-10,18H2,1H3. The number of nitrogens with two attached hydrogens (primary N) is 1. The first kappa shape index (κ1) is 17.1. The molecule has 0 aromatic heterocycles. The van der Waals surface area contributed by atoms with Gasteiger partial charge in [-0.2, -0.15) is 13.2 Å². The highest BCUT2D eigenvalue weighted by atomic mass is 19.4. The Labute approximate surface area is 121 Å². The van der Waals surface area contributed by atoms with Crippen molar-refractivity contribution in [3.8, 4) is 5.75 Å². The molecule has 0 bridgehead atoms. The predicted octanol–water partition coefficient (Wildman–Crippen LogP) is 2.84. The van der Waals surface area contributed by atoms with Crippen LogP contribution in [0.25, 0.3) is 0 Å². The fourth-order valence-corrected chi connectivity index (χ4v) is 1.66. The van der Waals surface area contributed by atoms with Crippen molar-refractivity contribution in [2.24, 2.45) is 0 Å². The van der Waals surface area contributed by atoms with Crippen molar-refractivity contribution in [1.82, 2.24) is 4.90 Å². The van der Waals surface area contributed by atoms with Gasteiger partial charge in [-0.3, -0.25) is 4.79 Å². The Morgan fingerprint density at radius 2 is 1.90 bits per heavy atom. The van der Waals surface area contributed by atoms with Crippen LogP contribution < -0.4 is 10.5 Å². The smallest absolute Gasteiger partial charge is 0.406 e. The third kappa shape index (κ3) is 6.87. The number of nitrogen functional groups attached to an aromatic ring is 1. The van der Waals surface area contributed by atoms with E-state index in [1.54, 1.807) is 24.3 Å². The molecule has 4 nitrogen and oxygen atoms in total. The molecule has 0 saturated carbocycles. The molecule has 0 radical (unpaired) electrons. The minimum atomic E-state index is -4.41. The number of carbonyl (C=O) groups is 1. The van der Waals surface area contributed by atoms with E-state index in [1.807, 2.05) is 6.92 Å². The third-order valence-electron chi connectivity index (χ3n) is 2.75. The predicted molar refractivity (Wildman–Crippen MR) is 73.9 cm³/mol. The molecular weight excluding hydrogens is 285 g/mol. The Morgan fingerprint density at radius 1 is 1.29 bits per heavy atom. The van der Waals surface area contributed by atoms with E-state index in [0.29, 0.717) is 24.3 Å². The van der Waals surface area contributed by atoms with Gasteiger partial charge in [0.05, 0.1) is 0 Å². The minimum Gasteiger partial charge on any atom is -0.484 e. The molecule has 0 heterocycles. The van der Waals surface area contributed by atoms with E-state index in [-0.39, 0.29) is 6.54 Å². The topological polar surface area (TPSA) is 55.6 Å². The molecule has 2 N–H and O–H groups in total. The van der Waals surface area contributed by atoms with E-state index in [0.717, 1.165) is 4.90 Å². The van der Waals surface area contributed by atoms with Gasteiger partial charge < -0.3 is 15.4 Å².